The average molecular weight is 280 g/mol. The van der Waals surface area contributed by atoms with Crippen molar-refractivity contribution in [2.75, 3.05) is 44.0 Å². The van der Waals surface area contributed by atoms with E-state index >= 15 is 0 Å². The molecule has 1 aromatic rings. The number of nitrogens with two attached hydrogens (primary N) is 1. The van der Waals surface area contributed by atoms with Crippen molar-refractivity contribution in [3.05, 3.63) is 18.2 Å². The van der Waals surface area contributed by atoms with Crippen molar-refractivity contribution in [3.8, 4) is 5.75 Å². The Balaban J connectivity index is 2.03. The third-order valence-electron chi connectivity index (χ3n) is 3.02. The molecule has 0 fully saturated rings. The van der Waals surface area contributed by atoms with E-state index in [9.17, 15) is 4.79 Å². The van der Waals surface area contributed by atoms with E-state index in [-0.39, 0.29) is 18.6 Å². The van der Waals surface area contributed by atoms with Gasteiger partial charge in [-0.15, -0.1) is 0 Å². The van der Waals surface area contributed by atoms with E-state index in [1.165, 1.54) is 0 Å². The van der Waals surface area contributed by atoms with Gasteiger partial charge in [0.15, 0.2) is 0 Å². The first-order valence-electron chi connectivity index (χ1n) is 6.56. The highest BCUT2D eigenvalue weighted by molar-refractivity contribution is 5.82. The minimum absolute atomic E-state index is 0.151. The summed E-state index contributed by atoms with van der Waals surface area (Å²) in [4.78, 5) is 13.8. The monoisotopic (exact) mass is 280 g/mol. The molecule has 0 bridgehead atoms. The molecule has 0 spiro atoms. The number of hydrogen-bond acceptors (Lipinski definition) is 6. The average Bonchev–Trinajstić information content (AvgIpc) is 2.39. The highest BCUT2D eigenvalue weighted by atomic mass is 16.6. The summed E-state index contributed by atoms with van der Waals surface area (Å²) >= 11 is 0. The number of nitrogens with zero attached hydrogens (tertiary/aromatic N) is 1. The zero-order valence-electron chi connectivity index (χ0n) is 11.8. The van der Waals surface area contributed by atoms with Crippen LogP contribution in [-0.4, -0.2) is 45.5 Å². The van der Waals surface area contributed by atoms with E-state index < -0.39 is 0 Å². The Morgan fingerprint density at radius 1 is 1.55 bits per heavy atom. The standard InChI is InChI=1S/C14H20N2O4/c1-10(9-18-2)20-13(17)8-16-6-7-19-12-5-3-4-11(15)14(12)16/h3-5,10H,6-9,15H2,1-2H3. The summed E-state index contributed by atoms with van der Waals surface area (Å²) in [5, 5.41) is 0. The largest absolute Gasteiger partial charge is 0.489 e. The van der Waals surface area contributed by atoms with E-state index in [0.717, 1.165) is 5.69 Å². The van der Waals surface area contributed by atoms with Gasteiger partial charge in [-0.25, -0.2) is 0 Å². The number of para-hydroxylation sites is 1. The number of rotatable bonds is 5. The minimum Gasteiger partial charge on any atom is -0.489 e. The van der Waals surface area contributed by atoms with E-state index in [0.29, 0.717) is 31.2 Å². The Hall–Kier alpha value is -1.95. The molecular formula is C14H20N2O4. The van der Waals surface area contributed by atoms with Gasteiger partial charge in [0.05, 0.1) is 18.8 Å². The van der Waals surface area contributed by atoms with Gasteiger partial charge in [-0.1, -0.05) is 6.07 Å². The number of nitrogen functional groups attached to an aromatic ring is 1. The van der Waals surface area contributed by atoms with Crippen molar-refractivity contribution in [1.82, 2.24) is 0 Å². The molecule has 1 heterocycles. The van der Waals surface area contributed by atoms with Crippen LogP contribution in [0.3, 0.4) is 0 Å². The van der Waals surface area contributed by atoms with Gasteiger partial charge in [0, 0.05) is 7.11 Å². The maximum absolute atomic E-state index is 11.9. The SMILES string of the molecule is COCC(C)OC(=O)CN1CCOc2cccc(N)c21. The first kappa shape index (κ1) is 14.5. The van der Waals surface area contributed by atoms with Crippen LogP contribution in [0.2, 0.25) is 0 Å². The van der Waals surface area contributed by atoms with Crippen LogP contribution in [0, 0.1) is 0 Å². The molecule has 20 heavy (non-hydrogen) atoms. The lowest BCUT2D eigenvalue weighted by Crippen LogP contribution is -2.39. The van der Waals surface area contributed by atoms with Crippen LogP contribution in [-0.2, 0) is 14.3 Å². The maximum Gasteiger partial charge on any atom is 0.325 e. The second-order valence-corrected chi connectivity index (χ2v) is 4.72. The van der Waals surface area contributed by atoms with Crippen molar-refractivity contribution in [1.29, 1.82) is 0 Å². The number of fused-ring (bicyclic) bond motifs is 1. The van der Waals surface area contributed by atoms with Gasteiger partial charge in [0.2, 0.25) is 0 Å². The van der Waals surface area contributed by atoms with Crippen molar-refractivity contribution >= 4 is 17.3 Å². The second kappa shape index (κ2) is 6.47. The molecule has 1 unspecified atom stereocenters. The second-order valence-electron chi connectivity index (χ2n) is 4.72. The fraction of sp³-hybridized carbons (Fsp3) is 0.500. The summed E-state index contributed by atoms with van der Waals surface area (Å²) in [7, 11) is 1.57. The maximum atomic E-state index is 11.9. The molecule has 6 heteroatoms. The van der Waals surface area contributed by atoms with Gasteiger partial charge in [-0.3, -0.25) is 4.79 Å². The van der Waals surface area contributed by atoms with Gasteiger partial charge in [0.1, 0.15) is 30.7 Å². The van der Waals surface area contributed by atoms with Crippen molar-refractivity contribution in [3.63, 3.8) is 0 Å². The molecule has 6 nitrogen and oxygen atoms in total. The fourth-order valence-corrected chi connectivity index (χ4v) is 2.22. The molecule has 0 aromatic heterocycles. The zero-order chi connectivity index (χ0) is 14.5. The lowest BCUT2D eigenvalue weighted by Gasteiger charge is -2.31. The molecule has 0 saturated carbocycles. The van der Waals surface area contributed by atoms with Gasteiger partial charge >= 0.3 is 5.97 Å². The van der Waals surface area contributed by atoms with Crippen LogP contribution in [0.1, 0.15) is 6.92 Å². The Kier molecular flexibility index (Phi) is 4.68. The summed E-state index contributed by atoms with van der Waals surface area (Å²) in [5.74, 6) is 0.402. The Morgan fingerprint density at radius 3 is 3.10 bits per heavy atom. The summed E-state index contributed by atoms with van der Waals surface area (Å²) in [6.45, 7) is 3.46. The van der Waals surface area contributed by atoms with E-state index in [1.807, 2.05) is 17.0 Å². The predicted octanol–water partition coefficient (Wildman–Crippen LogP) is 1.05. The summed E-state index contributed by atoms with van der Waals surface area (Å²) < 4.78 is 15.7. The van der Waals surface area contributed by atoms with Gasteiger partial charge < -0.3 is 24.8 Å². The van der Waals surface area contributed by atoms with E-state index in [4.69, 9.17) is 19.9 Å². The van der Waals surface area contributed by atoms with Gasteiger partial charge in [-0.05, 0) is 19.1 Å². The Labute approximate surface area is 118 Å². The number of carbonyl (C=O) groups is 1. The molecule has 0 aliphatic carbocycles. The molecule has 1 atom stereocenters. The smallest absolute Gasteiger partial charge is 0.325 e. The lowest BCUT2D eigenvalue weighted by molar-refractivity contribution is -0.148. The van der Waals surface area contributed by atoms with Crippen LogP contribution >= 0.6 is 0 Å². The first-order chi connectivity index (χ1) is 9.61. The third-order valence-corrected chi connectivity index (χ3v) is 3.02. The van der Waals surface area contributed by atoms with Crippen molar-refractivity contribution in [2.45, 2.75) is 13.0 Å². The molecule has 0 saturated heterocycles. The van der Waals surface area contributed by atoms with Crippen LogP contribution < -0.4 is 15.4 Å². The topological polar surface area (TPSA) is 74.0 Å². The van der Waals surface area contributed by atoms with E-state index in [2.05, 4.69) is 0 Å². The Morgan fingerprint density at radius 2 is 2.35 bits per heavy atom. The van der Waals surface area contributed by atoms with Gasteiger partial charge in [-0.2, -0.15) is 0 Å². The number of anilines is 2. The highest BCUT2D eigenvalue weighted by Crippen LogP contribution is 2.36. The summed E-state index contributed by atoms with van der Waals surface area (Å²) in [6, 6.07) is 5.47. The number of hydrogen-bond donors (Lipinski definition) is 1. The van der Waals surface area contributed by atoms with Gasteiger partial charge in [0.25, 0.3) is 0 Å². The molecule has 1 aliphatic heterocycles. The molecule has 1 aromatic carbocycles. The normalized spacial score (nSPS) is 15.2. The molecule has 110 valence electrons. The molecule has 2 rings (SSSR count). The summed E-state index contributed by atoms with van der Waals surface area (Å²) in [6.07, 6.45) is -0.263. The molecule has 0 radical (unpaired) electrons. The number of benzene rings is 1. The van der Waals surface area contributed by atoms with E-state index in [1.54, 1.807) is 20.1 Å². The highest BCUT2D eigenvalue weighted by Gasteiger charge is 2.23. The third kappa shape index (κ3) is 3.33. The molecular weight excluding hydrogens is 260 g/mol. The quantitative estimate of drug-likeness (QED) is 0.642. The number of ether oxygens (including phenoxy) is 3. The van der Waals surface area contributed by atoms with Crippen LogP contribution in [0.4, 0.5) is 11.4 Å². The van der Waals surface area contributed by atoms with Crippen molar-refractivity contribution < 1.29 is 19.0 Å². The van der Waals surface area contributed by atoms with Crippen LogP contribution in [0.25, 0.3) is 0 Å². The predicted molar refractivity (Wildman–Crippen MR) is 76.0 cm³/mol. The summed E-state index contributed by atoms with van der Waals surface area (Å²) in [5.41, 5.74) is 7.32. The lowest BCUT2D eigenvalue weighted by atomic mass is 10.2. The van der Waals surface area contributed by atoms with Crippen LogP contribution in [0.5, 0.6) is 5.75 Å². The fourth-order valence-electron chi connectivity index (χ4n) is 2.22. The zero-order valence-corrected chi connectivity index (χ0v) is 11.8. The molecule has 1 aliphatic rings. The molecule has 0 amide bonds. The Bertz CT molecular complexity index is 478. The molecule has 2 N–H and O–H groups in total. The van der Waals surface area contributed by atoms with Crippen molar-refractivity contribution in [2.24, 2.45) is 0 Å². The number of methoxy groups -OCH3 is 1. The number of carbonyl (C=O) groups excluding carboxylic acids is 1. The number of esters is 1. The van der Waals surface area contributed by atoms with Crippen LogP contribution in [0.15, 0.2) is 18.2 Å². The minimum atomic E-state index is -0.300. The first-order valence-corrected chi connectivity index (χ1v) is 6.56.